The standard InChI is InChI=1S/C15H21NO2S/c1-3-6-19-10-15(17)16-9-12-4-5-14-13(8-12)7-11(2)18-14/h4-5,8,11H,3,6-7,9-10H2,1-2H3,(H,16,17)/t11-/m1/s1. The summed E-state index contributed by atoms with van der Waals surface area (Å²) in [6.07, 6.45) is 2.34. The average molecular weight is 279 g/mol. The number of carbonyl (C=O) groups is 1. The van der Waals surface area contributed by atoms with Gasteiger partial charge >= 0.3 is 0 Å². The quantitative estimate of drug-likeness (QED) is 0.814. The minimum absolute atomic E-state index is 0.114. The Balaban J connectivity index is 1.81. The van der Waals surface area contributed by atoms with E-state index >= 15 is 0 Å². The molecule has 1 atom stereocenters. The van der Waals surface area contributed by atoms with Crippen molar-refractivity contribution in [3.63, 3.8) is 0 Å². The third-order valence-electron chi connectivity index (χ3n) is 3.03. The largest absolute Gasteiger partial charge is 0.490 e. The van der Waals surface area contributed by atoms with Crippen LogP contribution in [-0.4, -0.2) is 23.5 Å². The van der Waals surface area contributed by atoms with Crippen LogP contribution in [0.5, 0.6) is 5.75 Å². The van der Waals surface area contributed by atoms with E-state index in [0.717, 1.165) is 29.9 Å². The molecule has 1 heterocycles. The van der Waals surface area contributed by atoms with Gasteiger partial charge < -0.3 is 10.1 Å². The molecule has 0 radical (unpaired) electrons. The van der Waals surface area contributed by atoms with E-state index in [4.69, 9.17) is 4.74 Å². The van der Waals surface area contributed by atoms with Gasteiger partial charge in [-0.3, -0.25) is 4.79 Å². The molecule has 1 aliphatic heterocycles. The lowest BCUT2D eigenvalue weighted by atomic mass is 10.1. The Morgan fingerprint density at radius 1 is 1.53 bits per heavy atom. The maximum Gasteiger partial charge on any atom is 0.230 e. The van der Waals surface area contributed by atoms with Gasteiger partial charge in [0.15, 0.2) is 0 Å². The smallest absolute Gasteiger partial charge is 0.230 e. The number of nitrogens with one attached hydrogen (secondary N) is 1. The Bertz CT molecular complexity index is 448. The number of hydrogen-bond acceptors (Lipinski definition) is 3. The summed E-state index contributed by atoms with van der Waals surface area (Å²) in [6, 6.07) is 6.17. The summed E-state index contributed by atoms with van der Waals surface area (Å²) in [6.45, 7) is 4.80. The van der Waals surface area contributed by atoms with E-state index in [2.05, 4.69) is 25.2 Å². The summed E-state index contributed by atoms with van der Waals surface area (Å²) in [7, 11) is 0. The second kappa shape index (κ2) is 6.85. The molecule has 0 saturated heterocycles. The van der Waals surface area contributed by atoms with Crippen LogP contribution in [0.15, 0.2) is 18.2 Å². The van der Waals surface area contributed by atoms with E-state index in [9.17, 15) is 4.79 Å². The van der Waals surface area contributed by atoms with Gasteiger partial charge in [-0.2, -0.15) is 11.8 Å². The van der Waals surface area contributed by atoms with Gasteiger partial charge in [0, 0.05) is 13.0 Å². The Morgan fingerprint density at radius 3 is 3.16 bits per heavy atom. The first-order valence-corrected chi connectivity index (χ1v) is 7.97. The van der Waals surface area contributed by atoms with Crippen LogP contribution in [0.4, 0.5) is 0 Å². The van der Waals surface area contributed by atoms with Crippen LogP contribution in [-0.2, 0) is 17.8 Å². The summed E-state index contributed by atoms with van der Waals surface area (Å²) >= 11 is 1.68. The molecule has 0 aliphatic carbocycles. The lowest BCUT2D eigenvalue weighted by molar-refractivity contribution is -0.118. The highest BCUT2D eigenvalue weighted by molar-refractivity contribution is 7.99. The summed E-state index contributed by atoms with van der Waals surface area (Å²) < 4.78 is 5.66. The van der Waals surface area contributed by atoms with Crippen molar-refractivity contribution in [2.24, 2.45) is 0 Å². The molecular formula is C15H21NO2S. The Labute approximate surface area is 119 Å². The molecule has 0 bridgehead atoms. The topological polar surface area (TPSA) is 38.3 Å². The lowest BCUT2D eigenvalue weighted by Gasteiger charge is -2.06. The number of ether oxygens (including phenoxy) is 1. The molecule has 0 unspecified atom stereocenters. The summed E-state index contributed by atoms with van der Waals surface area (Å²) in [5, 5.41) is 2.96. The van der Waals surface area contributed by atoms with Gasteiger partial charge in [0.25, 0.3) is 0 Å². The summed E-state index contributed by atoms with van der Waals surface area (Å²) in [5.74, 6) is 2.70. The molecule has 2 rings (SSSR count). The number of rotatable bonds is 6. The maximum absolute atomic E-state index is 11.6. The Kier molecular flexibility index (Phi) is 5.14. The Hall–Kier alpha value is -1.16. The number of carbonyl (C=O) groups excluding carboxylic acids is 1. The number of hydrogen-bond donors (Lipinski definition) is 1. The Morgan fingerprint density at radius 2 is 2.37 bits per heavy atom. The molecule has 104 valence electrons. The molecule has 0 spiro atoms. The molecule has 19 heavy (non-hydrogen) atoms. The number of fused-ring (bicyclic) bond motifs is 1. The monoisotopic (exact) mass is 279 g/mol. The third-order valence-corrected chi connectivity index (χ3v) is 4.19. The predicted molar refractivity (Wildman–Crippen MR) is 79.7 cm³/mol. The van der Waals surface area contributed by atoms with Crippen molar-refractivity contribution in [1.82, 2.24) is 5.32 Å². The molecule has 3 nitrogen and oxygen atoms in total. The average Bonchev–Trinajstić information content (AvgIpc) is 2.76. The zero-order valence-electron chi connectivity index (χ0n) is 11.6. The van der Waals surface area contributed by atoms with Crippen molar-refractivity contribution in [3.8, 4) is 5.75 Å². The molecular weight excluding hydrogens is 258 g/mol. The molecule has 1 aromatic rings. The molecule has 1 N–H and O–H groups in total. The van der Waals surface area contributed by atoms with Crippen LogP contribution in [0.3, 0.4) is 0 Å². The normalized spacial score (nSPS) is 16.8. The van der Waals surface area contributed by atoms with Crippen molar-refractivity contribution in [3.05, 3.63) is 29.3 Å². The predicted octanol–water partition coefficient (Wildman–Crippen LogP) is 2.77. The fourth-order valence-electron chi connectivity index (χ4n) is 2.15. The number of thioether (sulfide) groups is 1. The highest BCUT2D eigenvalue weighted by Gasteiger charge is 2.18. The SMILES string of the molecule is CCCSCC(=O)NCc1ccc2c(c1)C[C@@H](C)O2. The molecule has 0 saturated carbocycles. The molecule has 1 aromatic carbocycles. The van der Waals surface area contributed by atoms with Gasteiger partial charge in [0.05, 0.1) is 5.75 Å². The lowest BCUT2D eigenvalue weighted by Crippen LogP contribution is -2.24. The third kappa shape index (κ3) is 4.16. The first-order chi connectivity index (χ1) is 9.19. The summed E-state index contributed by atoms with van der Waals surface area (Å²) in [4.78, 5) is 11.6. The molecule has 1 aliphatic rings. The van der Waals surface area contributed by atoms with E-state index in [1.807, 2.05) is 12.1 Å². The minimum Gasteiger partial charge on any atom is -0.490 e. The first kappa shape index (κ1) is 14.3. The van der Waals surface area contributed by atoms with Crippen molar-refractivity contribution in [2.45, 2.75) is 39.3 Å². The van der Waals surface area contributed by atoms with Gasteiger partial charge in [0.1, 0.15) is 11.9 Å². The van der Waals surface area contributed by atoms with Crippen LogP contribution in [0, 0.1) is 0 Å². The van der Waals surface area contributed by atoms with Crippen LogP contribution in [0.2, 0.25) is 0 Å². The van der Waals surface area contributed by atoms with Gasteiger partial charge in [-0.05, 0) is 36.3 Å². The van der Waals surface area contributed by atoms with Crippen molar-refractivity contribution in [1.29, 1.82) is 0 Å². The highest BCUT2D eigenvalue weighted by atomic mass is 32.2. The first-order valence-electron chi connectivity index (χ1n) is 6.82. The van der Waals surface area contributed by atoms with E-state index in [0.29, 0.717) is 12.3 Å². The van der Waals surface area contributed by atoms with E-state index in [1.165, 1.54) is 5.56 Å². The van der Waals surface area contributed by atoms with E-state index < -0.39 is 0 Å². The molecule has 1 amide bonds. The van der Waals surface area contributed by atoms with E-state index in [-0.39, 0.29) is 12.0 Å². The number of amides is 1. The fraction of sp³-hybridized carbons (Fsp3) is 0.533. The van der Waals surface area contributed by atoms with Gasteiger partial charge in [-0.1, -0.05) is 19.1 Å². The minimum atomic E-state index is 0.114. The van der Waals surface area contributed by atoms with Crippen molar-refractivity contribution >= 4 is 17.7 Å². The van der Waals surface area contributed by atoms with Crippen molar-refractivity contribution in [2.75, 3.05) is 11.5 Å². The number of benzene rings is 1. The molecule has 4 heteroatoms. The highest BCUT2D eigenvalue weighted by Crippen LogP contribution is 2.29. The second-order valence-electron chi connectivity index (χ2n) is 4.90. The van der Waals surface area contributed by atoms with Crippen LogP contribution in [0.25, 0.3) is 0 Å². The van der Waals surface area contributed by atoms with Gasteiger partial charge in [-0.15, -0.1) is 0 Å². The van der Waals surface area contributed by atoms with E-state index in [1.54, 1.807) is 11.8 Å². The van der Waals surface area contributed by atoms with Crippen LogP contribution < -0.4 is 10.1 Å². The molecule has 0 aromatic heterocycles. The molecule has 0 fully saturated rings. The van der Waals surface area contributed by atoms with Gasteiger partial charge in [0.2, 0.25) is 5.91 Å². The van der Waals surface area contributed by atoms with Gasteiger partial charge in [-0.25, -0.2) is 0 Å². The fourth-order valence-corrected chi connectivity index (χ4v) is 2.87. The zero-order chi connectivity index (χ0) is 13.7. The zero-order valence-corrected chi connectivity index (χ0v) is 12.4. The van der Waals surface area contributed by atoms with Crippen LogP contribution in [0.1, 0.15) is 31.4 Å². The summed E-state index contributed by atoms with van der Waals surface area (Å²) in [5.41, 5.74) is 2.39. The van der Waals surface area contributed by atoms with Crippen LogP contribution >= 0.6 is 11.8 Å². The maximum atomic E-state index is 11.6. The second-order valence-corrected chi connectivity index (χ2v) is 6.01. The van der Waals surface area contributed by atoms with Crippen molar-refractivity contribution < 1.29 is 9.53 Å².